The number of piperidine rings is 2. The maximum Gasteiger partial charge on any atom is 0.228 e. The Morgan fingerprint density at radius 3 is 2.82 bits per heavy atom. The standard InChI is InChI=1S/C24H32N8O2/c1-24-7-3-4-19(32(24)14-16-5-8-25-9-6-16)10-17(13-24)26-23-28-20(12-22(29-23)34-2)27-21-11-18(15-33)30-31-21/h5-6,8-9,11-12,17,19,33H,3-4,7,10,13-15H2,1-2H3,(H3,26,27,28,29,30,31). The van der Waals surface area contributed by atoms with Crippen molar-refractivity contribution in [1.29, 1.82) is 0 Å². The third-order valence-corrected chi connectivity index (χ3v) is 7.03. The summed E-state index contributed by atoms with van der Waals surface area (Å²) in [5.41, 5.74) is 2.06. The van der Waals surface area contributed by atoms with Gasteiger partial charge in [-0.25, -0.2) is 0 Å². The molecular weight excluding hydrogens is 432 g/mol. The van der Waals surface area contributed by atoms with Crippen molar-refractivity contribution in [3.63, 3.8) is 0 Å². The molecule has 5 rings (SSSR count). The monoisotopic (exact) mass is 464 g/mol. The second-order valence-corrected chi connectivity index (χ2v) is 9.49. The van der Waals surface area contributed by atoms with Crippen molar-refractivity contribution in [2.24, 2.45) is 0 Å². The molecule has 3 atom stereocenters. The lowest BCUT2D eigenvalue weighted by Gasteiger charge is -2.56. The zero-order valence-corrected chi connectivity index (χ0v) is 19.7. The van der Waals surface area contributed by atoms with Crippen LogP contribution in [0, 0.1) is 0 Å². The molecule has 0 spiro atoms. The van der Waals surface area contributed by atoms with E-state index in [9.17, 15) is 5.11 Å². The van der Waals surface area contributed by atoms with Gasteiger partial charge in [-0.3, -0.25) is 15.0 Å². The van der Waals surface area contributed by atoms with Crippen molar-refractivity contribution >= 4 is 17.6 Å². The average Bonchev–Trinajstić information content (AvgIpc) is 3.28. The number of rotatable bonds is 8. The van der Waals surface area contributed by atoms with E-state index in [0.29, 0.717) is 35.2 Å². The number of aliphatic hydroxyl groups is 1. The Morgan fingerprint density at radius 2 is 2.09 bits per heavy atom. The minimum absolute atomic E-state index is 0.103. The van der Waals surface area contributed by atoms with Crippen LogP contribution in [0.4, 0.5) is 17.6 Å². The summed E-state index contributed by atoms with van der Waals surface area (Å²) in [6.45, 7) is 3.25. The number of aromatic nitrogens is 5. The van der Waals surface area contributed by atoms with Gasteiger partial charge < -0.3 is 20.5 Å². The molecule has 3 unspecified atom stereocenters. The van der Waals surface area contributed by atoms with E-state index in [1.54, 1.807) is 19.2 Å². The number of ether oxygens (including phenoxy) is 1. The molecule has 0 saturated carbocycles. The van der Waals surface area contributed by atoms with Gasteiger partial charge in [0.15, 0.2) is 5.82 Å². The Hall–Kier alpha value is -3.24. The van der Waals surface area contributed by atoms with Crippen molar-refractivity contribution in [2.45, 2.75) is 69.8 Å². The normalized spacial score (nSPS) is 24.6. The summed E-state index contributed by atoms with van der Waals surface area (Å²) < 4.78 is 5.41. The first-order chi connectivity index (χ1) is 16.5. The van der Waals surface area contributed by atoms with E-state index in [4.69, 9.17) is 4.74 Å². The average molecular weight is 465 g/mol. The first kappa shape index (κ1) is 22.5. The number of hydrogen-bond donors (Lipinski definition) is 4. The van der Waals surface area contributed by atoms with Gasteiger partial charge in [0, 0.05) is 48.7 Å². The third kappa shape index (κ3) is 4.83. The van der Waals surface area contributed by atoms with E-state index in [1.807, 2.05) is 12.4 Å². The number of hydrogen-bond acceptors (Lipinski definition) is 9. The number of pyridine rings is 1. The van der Waals surface area contributed by atoms with Gasteiger partial charge in [0.05, 0.1) is 19.4 Å². The van der Waals surface area contributed by atoms with E-state index < -0.39 is 0 Å². The van der Waals surface area contributed by atoms with Crippen LogP contribution in [0.15, 0.2) is 36.7 Å². The first-order valence-electron chi connectivity index (χ1n) is 11.8. The fraction of sp³-hybridized carbons (Fsp3) is 0.500. The minimum Gasteiger partial charge on any atom is -0.481 e. The molecule has 2 fully saturated rings. The predicted octanol–water partition coefficient (Wildman–Crippen LogP) is 3.23. The van der Waals surface area contributed by atoms with Crippen molar-refractivity contribution in [2.75, 3.05) is 17.7 Å². The molecule has 0 aliphatic carbocycles. The highest BCUT2D eigenvalue weighted by Gasteiger charge is 2.46. The van der Waals surface area contributed by atoms with Crippen LogP contribution in [0.25, 0.3) is 0 Å². The molecule has 5 heterocycles. The highest BCUT2D eigenvalue weighted by molar-refractivity contribution is 5.55. The fourth-order valence-corrected chi connectivity index (χ4v) is 5.46. The summed E-state index contributed by atoms with van der Waals surface area (Å²) in [4.78, 5) is 16.1. The number of methoxy groups -OCH3 is 1. The number of fused-ring (bicyclic) bond motifs is 2. The Bertz CT molecular complexity index is 1110. The van der Waals surface area contributed by atoms with Crippen molar-refractivity contribution < 1.29 is 9.84 Å². The van der Waals surface area contributed by atoms with Crippen molar-refractivity contribution in [3.8, 4) is 5.88 Å². The summed E-state index contributed by atoms with van der Waals surface area (Å²) in [6.07, 6.45) is 9.48. The summed E-state index contributed by atoms with van der Waals surface area (Å²) in [7, 11) is 1.59. The second kappa shape index (κ2) is 9.55. The van der Waals surface area contributed by atoms with Gasteiger partial charge in [0.25, 0.3) is 0 Å². The molecule has 4 N–H and O–H groups in total. The van der Waals surface area contributed by atoms with Gasteiger partial charge in [-0.1, -0.05) is 6.42 Å². The van der Waals surface area contributed by atoms with E-state index in [1.165, 1.54) is 24.8 Å². The molecule has 2 aliphatic rings. The number of nitrogens with zero attached hydrogens (tertiary/aromatic N) is 5. The van der Waals surface area contributed by atoms with E-state index in [0.717, 1.165) is 19.4 Å². The maximum absolute atomic E-state index is 9.25. The van der Waals surface area contributed by atoms with E-state index in [-0.39, 0.29) is 18.2 Å². The summed E-state index contributed by atoms with van der Waals surface area (Å²) in [5, 5.41) is 22.9. The zero-order valence-electron chi connectivity index (χ0n) is 19.7. The molecule has 0 aromatic carbocycles. The predicted molar refractivity (Wildman–Crippen MR) is 129 cm³/mol. The van der Waals surface area contributed by atoms with Crippen LogP contribution in [0.3, 0.4) is 0 Å². The molecule has 2 bridgehead atoms. The van der Waals surface area contributed by atoms with Crippen LogP contribution < -0.4 is 15.4 Å². The first-order valence-corrected chi connectivity index (χ1v) is 11.8. The molecular formula is C24H32N8O2. The topological polar surface area (TPSA) is 124 Å². The Labute approximate surface area is 199 Å². The van der Waals surface area contributed by atoms with Gasteiger partial charge in [0.2, 0.25) is 11.8 Å². The second-order valence-electron chi connectivity index (χ2n) is 9.49. The van der Waals surface area contributed by atoms with Crippen LogP contribution in [-0.4, -0.2) is 59.9 Å². The smallest absolute Gasteiger partial charge is 0.228 e. The number of aromatic amines is 1. The van der Waals surface area contributed by atoms with Crippen molar-refractivity contribution in [1.82, 2.24) is 30.0 Å². The molecule has 2 saturated heterocycles. The Balaban J connectivity index is 1.31. The zero-order chi connectivity index (χ0) is 23.5. The molecule has 3 aromatic rings. The quantitative estimate of drug-likeness (QED) is 0.398. The third-order valence-electron chi connectivity index (χ3n) is 7.03. The SMILES string of the molecule is COc1cc(Nc2cc(CO)[nH]n2)nc(NC2CC3CCCC(C)(C2)N3Cc2ccncc2)n1. The summed E-state index contributed by atoms with van der Waals surface area (Å²) in [5.74, 6) is 2.16. The molecule has 180 valence electrons. The lowest BCUT2D eigenvalue weighted by atomic mass is 9.73. The molecule has 2 aliphatic heterocycles. The maximum atomic E-state index is 9.25. The van der Waals surface area contributed by atoms with Crippen LogP contribution in [0.5, 0.6) is 5.88 Å². The Morgan fingerprint density at radius 1 is 1.24 bits per heavy atom. The number of anilines is 3. The van der Waals surface area contributed by atoms with Crippen LogP contribution in [0.1, 0.15) is 50.3 Å². The number of H-pyrrole nitrogens is 1. The number of aliphatic hydroxyl groups excluding tert-OH is 1. The largest absolute Gasteiger partial charge is 0.481 e. The summed E-state index contributed by atoms with van der Waals surface area (Å²) >= 11 is 0. The van der Waals surface area contributed by atoms with Gasteiger partial charge in [-0.15, -0.1) is 0 Å². The Kier molecular flexibility index (Phi) is 6.34. The van der Waals surface area contributed by atoms with E-state index >= 15 is 0 Å². The van der Waals surface area contributed by atoms with E-state index in [2.05, 4.69) is 59.7 Å². The summed E-state index contributed by atoms with van der Waals surface area (Å²) in [6, 6.07) is 8.49. The highest BCUT2D eigenvalue weighted by Crippen LogP contribution is 2.43. The lowest BCUT2D eigenvalue weighted by molar-refractivity contribution is -0.0394. The molecule has 0 radical (unpaired) electrons. The van der Waals surface area contributed by atoms with Gasteiger partial charge in [0.1, 0.15) is 5.82 Å². The van der Waals surface area contributed by atoms with Crippen LogP contribution >= 0.6 is 0 Å². The lowest BCUT2D eigenvalue weighted by Crippen LogP contribution is -2.61. The highest BCUT2D eigenvalue weighted by atomic mass is 16.5. The molecule has 3 aromatic heterocycles. The molecule has 10 nitrogen and oxygen atoms in total. The van der Waals surface area contributed by atoms with Gasteiger partial charge in [-0.05, 0) is 50.3 Å². The van der Waals surface area contributed by atoms with Gasteiger partial charge in [-0.2, -0.15) is 15.1 Å². The van der Waals surface area contributed by atoms with Crippen LogP contribution in [0.2, 0.25) is 0 Å². The molecule has 10 heteroatoms. The minimum atomic E-state index is -0.103. The fourth-order valence-electron chi connectivity index (χ4n) is 5.46. The van der Waals surface area contributed by atoms with Crippen molar-refractivity contribution in [3.05, 3.63) is 47.9 Å². The van der Waals surface area contributed by atoms with Gasteiger partial charge >= 0.3 is 0 Å². The molecule has 0 amide bonds. The van der Waals surface area contributed by atoms with Crippen LogP contribution in [-0.2, 0) is 13.2 Å². The molecule has 34 heavy (non-hydrogen) atoms. The number of nitrogens with one attached hydrogen (secondary N) is 3.